The Morgan fingerprint density at radius 3 is 2.36 bits per heavy atom. The molecule has 84 valence electrons. The fourth-order valence-electron chi connectivity index (χ4n) is 1.99. The molecule has 2 saturated heterocycles. The van der Waals surface area contributed by atoms with Crippen molar-refractivity contribution in [3.63, 3.8) is 0 Å². The molecule has 4 nitrogen and oxygen atoms in total. The monoisotopic (exact) mass is 240 g/mol. The summed E-state index contributed by atoms with van der Waals surface area (Å²) in [5, 5.41) is 22.6. The van der Waals surface area contributed by atoms with Crippen LogP contribution < -0.4 is 5.32 Å². The summed E-state index contributed by atoms with van der Waals surface area (Å²) in [7, 11) is 0. The number of nitrogens with zero attached hydrogens (tertiary/aromatic N) is 1. The Hall–Kier alpha value is 0.480. The Bertz CT molecular complexity index is 171. The van der Waals surface area contributed by atoms with E-state index in [4.69, 9.17) is 0 Å². The Labute approximate surface area is 94.5 Å². The normalized spacial score (nSPS) is 39.4. The fourth-order valence-corrected chi connectivity index (χ4v) is 3.13. The first-order valence-corrected chi connectivity index (χ1v) is 5.76. The Balaban J connectivity index is 0.000000980. The van der Waals surface area contributed by atoms with Gasteiger partial charge in [0.1, 0.15) is 5.44 Å². The number of piperazine rings is 1. The van der Waals surface area contributed by atoms with Crippen molar-refractivity contribution in [3.8, 4) is 0 Å². The molecule has 3 atom stereocenters. The summed E-state index contributed by atoms with van der Waals surface area (Å²) in [6, 6.07) is -0.0490. The first-order valence-electron chi connectivity index (χ1n) is 4.71. The second-order valence-corrected chi connectivity index (χ2v) is 4.72. The predicted molar refractivity (Wildman–Crippen MR) is 60.0 cm³/mol. The third-order valence-corrected chi connectivity index (χ3v) is 3.85. The SMILES string of the molecule is Cl.OC1CSC(O)C1N1CCNCC1. The molecule has 0 aliphatic carbocycles. The number of halogens is 1. The van der Waals surface area contributed by atoms with Gasteiger partial charge in [-0.25, -0.2) is 0 Å². The zero-order valence-corrected chi connectivity index (χ0v) is 9.56. The molecule has 2 rings (SSSR count). The van der Waals surface area contributed by atoms with E-state index in [0.29, 0.717) is 5.75 Å². The average molecular weight is 241 g/mol. The van der Waals surface area contributed by atoms with Crippen LogP contribution in [0, 0.1) is 0 Å². The average Bonchev–Trinajstić information content (AvgIpc) is 2.48. The molecule has 2 fully saturated rings. The van der Waals surface area contributed by atoms with E-state index >= 15 is 0 Å². The summed E-state index contributed by atoms with van der Waals surface area (Å²) >= 11 is 1.45. The number of hydrogen-bond donors (Lipinski definition) is 3. The largest absolute Gasteiger partial charge is 0.390 e. The van der Waals surface area contributed by atoms with Crippen LogP contribution in [0.3, 0.4) is 0 Å². The summed E-state index contributed by atoms with van der Waals surface area (Å²) in [6.07, 6.45) is -0.363. The van der Waals surface area contributed by atoms with E-state index in [1.165, 1.54) is 11.8 Å². The molecule has 2 heterocycles. The molecular weight excluding hydrogens is 224 g/mol. The van der Waals surface area contributed by atoms with Gasteiger partial charge in [0.2, 0.25) is 0 Å². The maximum absolute atomic E-state index is 9.67. The number of thioether (sulfide) groups is 1. The predicted octanol–water partition coefficient (Wildman–Crippen LogP) is -0.892. The third kappa shape index (κ3) is 2.53. The van der Waals surface area contributed by atoms with Crippen molar-refractivity contribution in [1.82, 2.24) is 10.2 Å². The first-order chi connectivity index (χ1) is 6.29. The van der Waals surface area contributed by atoms with Crippen molar-refractivity contribution in [2.45, 2.75) is 17.6 Å². The van der Waals surface area contributed by atoms with Gasteiger partial charge in [-0.05, 0) is 0 Å². The Morgan fingerprint density at radius 2 is 1.86 bits per heavy atom. The molecule has 0 aromatic rings. The summed E-state index contributed by atoms with van der Waals surface area (Å²) in [5.41, 5.74) is -0.409. The first kappa shape index (κ1) is 12.5. The number of aliphatic hydroxyl groups is 2. The van der Waals surface area contributed by atoms with Crippen molar-refractivity contribution in [2.75, 3.05) is 31.9 Å². The number of rotatable bonds is 1. The van der Waals surface area contributed by atoms with Crippen LogP contribution in [-0.2, 0) is 0 Å². The molecule has 2 aliphatic heterocycles. The zero-order chi connectivity index (χ0) is 9.26. The van der Waals surface area contributed by atoms with E-state index in [1.54, 1.807) is 0 Å². The molecule has 3 unspecified atom stereocenters. The van der Waals surface area contributed by atoms with Crippen molar-refractivity contribution >= 4 is 24.2 Å². The molecule has 2 aliphatic rings. The highest BCUT2D eigenvalue weighted by atomic mass is 35.5. The van der Waals surface area contributed by atoms with Gasteiger partial charge in [0.05, 0.1) is 12.1 Å². The van der Waals surface area contributed by atoms with Crippen molar-refractivity contribution in [3.05, 3.63) is 0 Å². The van der Waals surface area contributed by atoms with Crippen LogP contribution in [0.4, 0.5) is 0 Å². The lowest BCUT2D eigenvalue weighted by Crippen LogP contribution is -2.54. The minimum Gasteiger partial charge on any atom is -0.390 e. The Morgan fingerprint density at radius 1 is 1.21 bits per heavy atom. The highest BCUT2D eigenvalue weighted by Crippen LogP contribution is 2.29. The zero-order valence-electron chi connectivity index (χ0n) is 7.93. The lowest BCUT2D eigenvalue weighted by atomic mass is 10.1. The molecule has 0 radical (unpaired) electrons. The van der Waals surface area contributed by atoms with Crippen molar-refractivity contribution in [2.24, 2.45) is 0 Å². The highest BCUT2D eigenvalue weighted by molar-refractivity contribution is 8.00. The Kier molecular flexibility index (Phi) is 4.96. The van der Waals surface area contributed by atoms with E-state index in [0.717, 1.165) is 26.2 Å². The third-order valence-electron chi connectivity index (χ3n) is 2.70. The van der Waals surface area contributed by atoms with Crippen LogP contribution in [-0.4, -0.2) is 64.6 Å². The van der Waals surface area contributed by atoms with Crippen LogP contribution in [0.25, 0.3) is 0 Å². The van der Waals surface area contributed by atoms with E-state index in [1.807, 2.05) is 0 Å². The quantitative estimate of drug-likeness (QED) is 0.555. The van der Waals surface area contributed by atoms with Crippen molar-refractivity contribution < 1.29 is 10.2 Å². The van der Waals surface area contributed by atoms with Gasteiger partial charge in [0.15, 0.2) is 0 Å². The maximum atomic E-state index is 9.67. The standard InChI is InChI=1S/C8H16N2O2S.ClH/c11-6-5-13-8(12)7(6)10-3-1-9-2-4-10;/h6-9,11-12H,1-5H2;1H. The van der Waals surface area contributed by atoms with Crippen LogP contribution in [0.1, 0.15) is 0 Å². The van der Waals surface area contributed by atoms with Crippen LogP contribution >= 0.6 is 24.2 Å². The second-order valence-electron chi connectivity index (χ2n) is 3.57. The molecule has 0 aromatic carbocycles. The van der Waals surface area contributed by atoms with E-state index in [9.17, 15) is 10.2 Å². The lowest BCUT2D eigenvalue weighted by molar-refractivity contribution is 0.0200. The topological polar surface area (TPSA) is 55.7 Å². The number of nitrogens with one attached hydrogen (secondary N) is 1. The van der Waals surface area contributed by atoms with Crippen LogP contribution in [0.5, 0.6) is 0 Å². The van der Waals surface area contributed by atoms with E-state index in [2.05, 4.69) is 10.2 Å². The minimum absolute atomic E-state index is 0. The lowest BCUT2D eigenvalue weighted by Gasteiger charge is -2.35. The summed E-state index contributed by atoms with van der Waals surface area (Å²) in [5.74, 6) is 0.662. The maximum Gasteiger partial charge on any atom is 0.117 e. The van der Waals surface area contributed by atoms with Gasteiger partial charge in [-0.1, -0.05) is 0 Å². The molecule has 0 aromatic heterocycles. The summed E-state index contributed by atoms with van der Waals surface area (Å²) < 4.78 is 0. The molecule has 6 heteroatoms. The molecule has 0 spiro atoms. The van der Waals surface area contributed by atoms with Crippen LogP contribution in [0.15, 0.2) is 0 Å². The van der Waals surface area contributed by atoms with Gasteiger partial charge in [0.25, 0.3) is 0 Å². The minimum atomic E-state index is -0.409. The fraction of sp³-hybridized carbons (Fsp3) is 1.00. The molecule has 3 N–H and O–H groups in total. The van der Waals surface area contributed by atoms with Gasteiger partial charge in [-0.2, -0.15) is 0 Å². The molecule has 14 heavy (non-hydrogen) atoms. The molecule has 0 saturated carbocycles. The van der Waals surface area contributed by atoms with Gasteiger partial charge >= 0.3 is 0 Å². The van der Waals surface area contributed by atoms with Gasteiger partial charge in [-0.15, -0.1) is 24.2 Å². The second kappa shape index (κ2) is 5.53. The number of aliphatic hydroxyl groups excluding tert-OH is 2. The summed E-state index contributed by atoms with van der Waals surface area (Å²) in [4.78, 5) is 2.19. The highest BCUT2D eigenvalue weighted by Gasteiger charge is 2.38. The molecular formula is C8H17ClN2O2S. The smallest absolute Gasteiger partial charge is 0.117 e. The van der Waals surface area contributed by atoms with E-state index < -0.39 is 5.44 Å². The van der Waals surface area contributed by atoms with Crippen LogP contribution in [0.2, 0.25) is 0 Å². The molecule has 0 bridgehead atoms. The van der Waals surface area contributed by atoms with E-state index in [-0.39, 0.29) is 24.6 Å². The number of hydrogen-bond acceptors (Lipinski definition) is 5. The molecule has 0 amide bonds. The summed E-state index contributed by atoms with van der Waals surface area (Å²) in [6.45, 7) is 3.78. The van der Waals surface area contributed by atoms with Gasteiger partial charge in [0, 0.05) is 31.9 Å². The van der Waals surface area contributed by atoms with Gasteiger partial charge < -0.3 is 15.5 Å². The van der Waals surface area contributed by atoms with Crippen molar-refractivity contribution in [1.29, 1.82) is 0 Å². The van der Waals surface area contributed by atoms with Gasteiger partial charge in [-0.3, -0.25) is 4.90 Å².